The molecule has 1 aromatic carbocycles. The molecule has 1 nitrogen and oxygen atoms in total. The van der Waals surface area contributed by atoms with E-state index in [0.29, 0.717) is 11.1 Å². The van der Waals surface area contributed by atoms with Crippen molar-refractivity contribution < 1.29 is 9.50 Å². The molecule has 4 heteroatoms. The number of halogens is 3. The number of hydrogen-bond donors (Lipinski definition) is 1. The van der Waals surface area contributed by atoms with Crippen LogP contribution >= 0.6 is 23.2 Å². The van der Waals surface area contributed by atoms with Crippen LogP contribution in [0.3, 0.4) is 0 Å². The number of aliphatic hydroxyl groups excluding tert-OH is 1. The summed E-state index contributed by atoms with van der Waals surface area (Å²) < 4.78 is 12.8. The Labute approximate surface area is 79.7 Å². The molecule has 0 spiro atoms. The van der Waals surface area contributed by atoms with Crippen molar-refractivity contribution in [2.45, 2.75) is 12.5 Å². The molecule has 12 heavy (non-hydrogen) atoms. The van der Waals surface area contributed by atoms with Gasteiger partial charge in [-0.2, -0.15) is 0 Å². The molecule has 0 bridgehead atoms. The first-order valence-corrected chi connectivity index (χ1v) is 4.12. The van der Waals surface area contributed by atoms with Gasteiger partial charge in [-0.1, -0.05) is 29.3 Å². The molecular formula is C8H7Cl2FO. The predicted molar refractivity (Wildman–Crippen MR) is 47.0 cm³/mol. The van der Waals surface area contributed by atoms with Crippen molar-refractivity contribution in [2.24, 2.45) is 0 Å². The lowest BCUT2D eigenvalue weighted by Crippen LogP contribution is -1.94. The van der Waals surface area contributed by atoms with E-state index in [2.05, 4.69) is 0 Å². The van der Waals surface area contributed by atoms with Crippen LogP contribution in [0.5, 0.6) is 0 Å². The van der Waals surface area contributed by atoms with Gasteiger partial charge in [-0.15, -0.1) is 0 Å². The molecular weight excluding hydrogens is 202 g/mol. The summed E-state index contributed by atoms with van der Waals surface area (Å²) in [6, 6.07) is 2.59. The minimum atomic E-state index is -1.14. The van der Waals surface area contributed by atoms with Crippen LogP contribution in [0, 0.1) is 12.7 Å². The van der Waals surface area contributed by atoms with Gasteiger partial charge in [-0.25, -0.2) is 4.39 Å². The van der Waals surface area contributed by atoms with Gasteiger partial charge in [0.15, 0.2) is 5.56 Å². The lowest BCUT2D eigenvalue weighted by Gasteiger charge is -2.08. The van der Waals surface area contributed by atoms with Crippen molar-refractivity contribution in [3.8, 4) is 0 Å². The quantitative estimate of drug-likeness (QED) is 0.704. The third-order valence-electron chi connectivity index (χ3n) is 1.64. The molecule has 0 fully saturated rings. The predicted octanol–water partition coefficient (Wildman–Crippen LogP) is 3.02. The summed E-state index contributed by atoms with van der Waals surface area (Å²) in [6.45, 7) is 1.60. The summed E-state index contributed by atoms with van der Waals surface area (Å²) in [7, 11) is 0. The number of benzene rings is 1. The van der Waals surface area contributed by atoms with Crippen LogP contribution < -0.4 is 0 Å². The van der Waals surface area contributed by atoms with E-state index in [1.54, 1.807) is 6.92 Å². The lowest BCUT2D eigenvalue weighted by atomic mass is 10.1. The summed E-state index contributed by atoms with van der Waals surface area (Å²) in [4.78, 5) is 0. The average Bonchev–Trinajstić information content (AvgIpc) is 2.00. The maximum Gasteiger partial charge on any atom is 0.153 e. The molecule has 0 radical (unpaired) electrons. The highest BCUT2D eigenvalue weighted by atomic mass is 35.5. The molecule has 0 aliphatic carbocycles. The van der Waals surface area contributed by atoms with Crippen molar-refractivity contribution in [2.75, 3.05) is 0 Å². The monoisotopic (exact) mass is 208 g/mol. The molecule has 1 rings (SSSR count). The highest BCUT2D eigenvalue weighted by Crippen LogP contribution is 2.28. The Morgan fingerprint density at radius 3 is 2.58 bits per heavy atom. The molecule has 0 saturated carbocycles. The van der Waals surface area contributed by atoms with Gasteiger partial charge in [0.2, 0.25) is 0 Å². The summed E-state index contributed by atoms with van der Waals surface area (Å²) in [5.74, 6) is -0.504. The molecule has 1 aromatic rings. The van der Waals surface area contributed by atoms with E-state index in [1.165, 1.54) is 12.1 Å². The summed E-state index contributed by atoms with van der Waals surface area (Å²) >= 11 is 11.0. The maximum absolute atomic E-state index is 12.8. The topological polar surface area (TPSA) is 20.2 Å². The van der Waals surface area contributed by atoms with Crippen LogP contribution in [0.15, 0.2) is 12.1 Å². The molecule has 0 aliphatic rings. The minimum Gasteiger partial charge on any atom is -0.373 e. The largest absolute Gasteiger partial charge is 0.373 e. The fourth-order valence-corrected chi connectivity index (χ4v) is 1.33. The fourth-order valence-electron chi connectivity index (χ4n) is 0.925. The van der Waals surface area contributed by atoms with E-state index in [1.807, 2.05) is 0 Å². The Morgan fingerprint density at radius 2 is 2.08 bits per heavy atom. The second-order valence-corrected chi connectivity index (χ2v) is 3.20. The Bertz CT molecular complexity index is 299. The average molecular weight is 209 g/mol. The van der Waals surface area contributed by atoms with Gasteiger partial charge in [-0.3, -0.25) is 0 Å². The zero-order valence-electron chi connectivity index (χ0n) is 6.31. The van der Waals surface area contributed by atoms with E-state index in [9.17, 15) is 4.39 Å². The first-order valence-electron chi connectivity index (χ1n) is 3.30. The smallest absolute Gasteiger partial charge is 0.153 e. The molecule has 1 atom stereocenters. The zero-order chi connectivity index (χ0) is 9.30. The molecule has 0 aromatic heterocycles. The minimum absolute atomic E-state index is 0.00667. The van der Waals surface area contributed by atoms with Gasteiger partial charge in [0.25, 0.3) is 0 Å². The summed E-state index contributed by atoms with van der Waals surface area (Å²) in [6.07, 6.45) is 0. The lowest BCUT2D eigenvalue weighted by molar-refractivity contribution is 0.262. The standard InChI is InChI=1S/C8H7Cl2FO/c1-4-5(8(10)12)2-3-6(11)7(4)9/h2-3,8,12H,1H3. The second kappa shape index (κ2) is 3.60. The van der Waals surface area contributed by atoms with Crippen molar-refractivity contribution in [3.05, 3.63) is 34.1 Å². The third kappa shape index (κ3) is 1.71. The van der Waals surface area contributed by atoms with E-state index in [4.69, 9.17) is 28.3 Å². The van der Waals surface area contributed by atoms with E-state index in [-0.39, 0.29) is 5.02 Å². The van der Waals surface area contributed by atoms with Crippen LogP contribution in [-0.2, 0) is 0 Å². The highest BCUT2D eigenvalue weighted by Gasteiger charge is 2.11. The first kappa shape index (κ1) is 9.78. The van der Waals surface area contributed by atoms with Crippen LogP contribution in [0.4, 0.5) is 4.39 Å². The SMILES string of the molecule is Cc1c(C(O)Cl)ccc(F)c1Cl. The number of aliphatic hydroxyl groups is 1. The van der Waals surface area contributed by atoms with Gasteiger partial charge in [-0.05, 0) is 18.6 Å². The maximum atomic E-state index is 12.8. The molecule has 0 aliphatic heterocycles. The van der Waals surface area contributed by atoms with Crippen molar-refractivity contribution in [3.63, 3.8) is 0 Å². The zero-order valence-corrected chi connectivity index (χ0v) is 7.83. The van der Waals surface area contributed by atoms with Crippen molar-refractivity contribution in [1.29, 1.82) is 0 Å². The Kier molecular flexibility index (Phi) is 2.94. The Balaban J connectivity index is 3.27. The normalized spacial score (nSPS) is 13.1. The fraction of sp³-hybridized carbons (Fsp3) is 0.250. The van der Waals surface area contributed by atoms with Crippen molar-refractivity contribution >= 4 is 23.2 Å². The van der Waals surface area contributed by atoms with E-state index < -0.39 is 11.4 Å². The third-order valence-corrected chi connectivity index (χ3v) is 2.34. The molecule has 66 valence electrons. The Hall–Kier alpha value is -0.310. The Morgan fingerprint density at radius 1 is 1.50 bits per heavy atom. The molecule has 0 heterocycles. The van der Waals surface area contributed by atoms with Crippen LogP contribution in [0.1, 0.15) is 16.7 Å². The second-order valence-electron chi connectivity index (χ2n) is 2.41. The van der Waals surface area contributed by atoms with Crippen LogP contribution in [0.2, 0.25) is 5.02 Å². The van der Waals surface area contributed by atoms with Crippen LogP contribution in [0.25, 0.3) is 0 Å². The van der Waals surface area contributed by atoms with Gasteiger partial charge in [0.05, 0.1) is 5.02 Å². The number of rotatable bonds is 1. The van der Waals surface area contributed by atoms with Crippen LogP contribution in [-0.4, -0.2) is 5.11 Å². The molecule has 1 N–H and O–H groups in total. The molecule has 0 amide bonds. The molecule has 0 saturated heterocycles. The van der Waals surface area contributed by atoms with E-state index in [0.717, 1.165) is 0 Å². The van der Waals surface area contributed by atoms with Crippen molar-refractivity contribution in [1.82, 2.24) is 0 Å². The van der Waals surface area contributed by atoms with E-state index >= 15 is 0 Å². The van der Waals surface area contributed by atoms with Gasteiger partial charge >= 0.3 is 0 Å². The summed E-state index contributed by atoms with van der Waals surface area (Å²) in [5, 5.41) is 9.01. The van der Waals surface area contributed by atoms with Gasteiger partial charge in [0, 0.05) is 5.56 Å². The van der Waals surface area contributed by atoms with Gasteiger partial charge < -0.3 is 5.11 Å². The van der Waals surface area contributed by atoms with Gasteiger partial charge in [0.1, 0.15) is 5.82 Å². The summed E-state index contributed by atoms with van der Waals surface area (Å²) in [5.41, 5.74) is -0.231. The first-order chi connectivity index (χ1) is 5.54. The highest BCUT2D eigenvalue weighted by molar-refractivity contribution is 6.31. The molecule has 1 unspecified atom stereocenters. The number of alkyl halides is 1. The number of hydrogen-bond acceptors (Lipinski definition) is 1.